The van der Waals surface area contributed by atoms with E-state index in [0.29, 0.717) is 26.2 Å². The number of aliphatic hydroxyl groups excluding tert-OH is 2. The minimum atomic E-state index is -2.29. The number of phenolic OH excluding ortho intramolecular Hbond substituents is 2. The summed E-state index contributed by atoms with van der Waals surface area (Å²) in [6.07, 6.45) is -5.61. The first-order valence-electron chi connectivity index (χ1n) is 16.9. The normalized spacial score (nSPS) is 28.1. The van der Waals surface area contributed by atoms with Gasteiger partial charge < -0.3 is 49.4 Å². The van der Waals surface area contributed by atoms with E-state index in [2.05, 4.69) is 0 Å². The van der Waals surface area contributed by atoms with Crippen LogP contribution >= 0.6 is 0 Å². The summed E-state index contributed by atoms with van der Waals surface area (Å²) in [6.45, 7) is 7.51. The van der Waals surface area contributed by atoms with Crippen LogP contribution in [0.25, 0.3) is 0 Å². The number of nitrogens with zero attached hydrogens (tertiary/aromatic N) is 2. The average molecular weight is 713 g/mol. The highest BCUT2D eigenvalue weighted by Crippen LogP contribution is 2.52. The molecule has 2 aliphatic heterocycles. The van der Waals surface area contributed by atoms with E-state index in [1.165, 1.54) is 25.3 Å². The molecule has 6 atom stereocenters. The molecule has 0 aromatic heterocycles. The summed E-state index contributed by atoms with van der Waals surface area (Å²) < 4.78 is 23.2. The van der Waals surface area contributed by atoms with Crippen molar-refractivity contribution in [2.45, 2.75) is 88.8 Å². The van der Waals surface area contributed by atoms with Crippen molar-refractivity contribution in [2.24, 2.45) is 0 Å². The van der Waals surface area contributed by atoms with Gasteiger partial charge in [0.2, 0.25) is 5.78 Å². The standard InChI is InChI=1S/C36H44N2O13/c1-17-29(41)20(37-9-11-38(12-10-37)34(46)51-35(2,3)4)13-24(49-17)50-22-15-36(47,23(40)16-39)14-19-26(22)33(45)28-27(31(19)43)30(42)18-7-6-8-21(48-5)25(18)32(28)44/h6-8,17,20,22,24,29,39,41,43,45,47H,9-16H2,1-5H3/t17-,20+,22-,24-,29+,36-/m0/s1. The molecule has 2 saturated heterocycles. The van der Waals surface area contributed by atoms with Crippen molar-refractivity contribution in [3.8, 4) is 17.2 Å². The number of benzene rings is 2. The van der Waals surface area contributed by atoms with Gasteiger partial charge in [-0.25, -0.2) is 4.79 Å². The second-order valence-electron chi connectivity index (χ2n) is 14.6. The molecule has 1 amide bonds. The maximum Gasteiger partial charge on any atom is 0.410 e. The van der Waals surface area contributed by atoms with Crippen molar-refractivity contribution in [3.05, 3.63) is 51.6 Å². The molecule has 4 aliphatic rings. The Morgan fingerprint density at radius 3 is 2.31 bits per heavy atom. The fourth-order valence-electron chi connectivity index (χ4n) is 7.62. The van der Waals surface area contributed by atoms with Crippen LogP contribution in [0.4, 0.5) is 4.79 Å². The Morgan fingerprint density at radius 1 is 1.02 bits per heavy atom. The number of amides is 1. The van der Waals surface area contributed by atoms with Crippen LogP contribution in [-0.4, -0.2) is 134 Å². The summed E-state index contributed by atoms with van der Waals surface area (Å²) in [5.41, 5.74) is -4.38. The van der Waals surface area contributed by atoms with Crippen LogP contribution in [0.1, 0.15) is 89.6 Å². The molecule has 15 nitrogen and oxygen atoms in total. The number of aliphatic hydroxyl groups is 3. The van der Waals surface area contributed by atoms with Crippen LogP contribution in [0.2, 0.25) is 0 Å². The number of fused-ring (bicyclic) bond motifs is 3. The number of hydrogen-bond acceptors (Lipinski definition) is 14. The molecule has 0 bridgehead atoms. The molecule has 6 rings (SSSR count). The molecular weight excluding hydrogens is 668 g/mol. The number of ketones is 3. The SMILES string of the molecule is COc1cccc2c1C(=O)c1c(O)c3c(c(O)c1C2=O)C[C@@](O)(C(=O)CO)C[C@@H]3O[C@H]1C[C@@H](N2CCN(C(=O)OC(C)(C)C)CC2)[C@H](O)[C@H](C)O1. The number of ether oxygens (including phenoxy) is 4. The number of Topliss-reactive ketones (excluding diaryl/α,β-unsaturated/α-hetero) is 1. The molecule has 15 heteroatoms. The smallest absolute Gasteiger partial charge is 0.410 e. The van der Waals surface area contributed by atoms with Gasteiger partial charge in [-0.15, -0.1) is 0 Å². The lowest BCUT2D eigenvalue weighted by molar-refractivity contribution is -0.259. The van der Waals surface area contributed by atoms with Crippen LogP contribution < -0.4 is 4.74 Å². The third kappa shape index (κ3) is 6.47. The van der Waals surface area contributed by atoms with Crippen molar-refractivity contribution >= 4 is 23.4 Å². The topological polar surface area (TPSA) is 213 Å². The van der Waals surface area contributed by atoms with Gasteiger partial charge in [0.1, 0.15) is 35.1 Å². The maximum atomic E-state index is 13.9. The van der Waals surface area contributed by atoms with Gasteiger partial charge >= 0.3 is 6.09 Å². The highest BCUT2D eigenvalue weighted by atomic mass is 16.7. The van der Waals surface area contributed by atoms with Gasteiger partial charge in [0.15, 0.2) is 17.9 Å². The van der Waals surface area contributed by atoms with E-state index in [1.807, 2.05) is 4.90 Å². The lowest BCUT2D eigenvalue weighted by atomic mass is 9.72. The predicted octanol–water partition coefficient (Wildman–Crippen LogP) is 1.60. The van der Waals surface area contributed by atoms with E-state index >= 15 is 0 Å². The summed E-state index contributed by atoms with van der Waals surface area (Å²) in [5.74, 6) is -3.84. The molecule has 2 aliphatic carbocycles. The first-order chi connectivity index (χ1) is 24.0. The quantitative estimate of drug-likeness (QED) is 0.230. The third-order valence-electron chi connectivity index (χ3n) is 10.2. The van der Waals surface area contributed by atoms with E-state index in [0.717, 1.165) is 0 Å². The van der Waals surface area contributed by atoms with Crippen molar-refractivity contribution in [1.82, 2.24) is 9.80 Å². The fourth-order valence-corrected chi connectivity index (χ4v) is 7.62. The van der Waals surface area contributed by atoms with Gasteiger partial charge in [0.05, 0.1) is 42.1 Å². The van der Waals surface area contributed by atoms with Crippen LogP contribution in [-0.2, 0) is 25.4 Å². The minimum Gasteiger partial charge on any atom is -0.507 e. The van der Waals surface area contributed by atoms with Crippen molar-refractivity contribution in [1.29, 1.82) is 0 Å². The van der Waals surface area contributed by atoms with E-state index in [-0.39, 0.29) is 34.4 Å². The molecule has 2 heterocycles. The van der Waals surface area contributed by atoms with Crippen LogP contribution in [0, 0.1) is 0 Å². The summed E-state index contributed by atoms with van der Waals surface area (Å²) in [4.78, 5) is 56.8. The van der Waals surface area contributed by atoms with Gasteiger partial charge in [-0.3, -0.25) is 19.3 Å². The molecule has 51 heavy (non-hydrogen) atoms. The molecular formula is C36H44N2O13. The molecule has 2 aromatic carbocycles. The van der Waals surface area contributed by atoms with Crippen molar-refractivity contribution in [3.63, 3.8) is 0 Å². The zero-order chi connectivity index (χ0) is 37.2. The fraction of sp³-hybridized carbons (Fsp3) is 0.556. The summed E-state index contributed by atoms with van der Waals surface area (Å²) in [6, 6.07) is 3.87. The van der Waals surface area contributed by atoms with E-state index in [9.17, 15) is 44.7 Å². The Balaban J connectivity index is 1.33. The number of carbonyl (C=O) groups is 4. The number of rotatable bonds is 6. The number of aromatic hydroxyl groups is 2. The van der Waals surface area contributed by atoms with Crippen molar-refractivity contribution in [2.75, 3.05) is 39.9 Å². The zero-order valence-corrected chi connectivity index (χ0v) is 29.2. The Kier molecular flexibility index (Phi) is 9.67. The molecule has 5 N–H and O–H groups in total. The van der Waals surface area contributed by atoms with Crippen molar-refractivity contribution < 1.29 is 63.7 Å². The van der Waals surface area contributed by atoms with Gasteiger partial charge in [-0.1, -0.05) is 12.1 Å². The lowest BCUT2D eigenvalue weighted by Crippen LogP contribution is -2.60. The second kappa shape index (κ2) is 13.5. The second-order valence-corrected chi connectivity index (χ2v) is 14.6. The molecule has 2 fully saturated rings. The Bertz CT molecular complexity index is 1760. The molecule has 276 valence electrons. The summed E-state index contributed by atoms with van der Waals surface area (Å²) in [7, 11) is 1.33. The molecule has 0 spiro atoms. The monoisotopic (exact) mass is 712 g/mol. The number of piperazine rings is 1. The Labute approximate surface area is 294 Å². The first-order valence-corrected chi connectivity index (χ1v) is 16.9. The lowest BCUT2D eigenvalue weighted by Gasteiger charge is -2.47. The van der Waals surface area contributed by atoms with Gasteiger partial charge in [0, 0.05) is 68.2 Å². The van der Waals surface area contributed by atoms with E-state index < -0.39 is 107 Å². The number of carbonyl (C=O) groups excluding carboxylic acids is 4. The van der Waals surface area contributed by atoms with Gasteiger partial charge in [-0.05, 0) is 33.8 Å². The Morgan fingerprint density at radius 2 is 1.69 bits per heavy atom. The van der Waals surface area contributed by atoms with E-state index in [4.69, 9.17) is 18.9 Å². The van der Waals surface area contributed by atoms with Gasteiger partial charge in [-0.2, -0.15) is 0 Å². The maximum absolute atomic E-state index is 13.9. The number of methoxy groups -OCH3 is 1. The third-order valence-corrected chi connectivity index (χ3v) is 10.2. The van der Waals surface area contributed by atoms with E-state index in [1.54, 1.807) is 32.6 Å². The Hall–Kier alpha value is -4.12. The molecule has 0 unspecified atom stereocenters. The van der Waals surface area contributed by atoms with Crippen LogP contribution in [0.3, 0.4) is 0 Å². The first kappa shape index (κ1) is 36.7. The number of phenols is 2. The highest BCUT2D eigenvalue weighted by molar-refractivity contribution is 6.31. The largest absolute Gasteiger partial charge is 0.507 e. The van der Waals surface area contributed by atoms with Gasteiger partial charge in [0.25, 0.3) is 0 Å². The van der Waals surface area contributed by atoms with Crippen LogP contribution in [0.15, 0.2) is 18.2 Å². The minimum absolute atomic E-state index is 0.0621. The average Bonchev–Trinajstić information content (AvgIpc) is 3.08. The summed E-state index contributed by atoms with van der Waals surface area (Å²) >= 11 is 0. The predicted molar refractivity (Wildman–Crippen MR) is 177 cm³/mol. The highest BCUT2D eigenvalue weighted by Gasteiger charge is 2.50. The number of hydrogen-bond donors (Lipinski definition) is 5. The molecule has 2 aromatic rings. The summed E-state index contributed by atoms with van der Waals surface area (Å²) in [5, 5.41) is 55.9. The molecule has 0 saturated carbocycles. The zero-order valence-electron chi connectivity index (χ0n) is 29.2. The molecule has 0 radical (unpaired) electrons. The van der Waals surface area contributed by atoms with Crippen LogP contribution in [0.5, 0.6) is 17.2 Å².